The summed E-state index contributed by atoms with van der Waals surface area (Å²) in [5, 5.41) is 3.45. The van der Waals surface area contributed by atoms with Gasteiger partial charge in [-0.1, -0.05) is 20.3 Å². The summed E-state index contributed by atoms with van der Waals surface area (Å²) >= 11 is 0. The minimum Gasteiger partial charge on any atom is -0.317 e. The zero-order valence-corrected chi connectivity index (χ0v) is 11.0. The maximum atomic E-state index is 3.45. The molecule has 1 fully saturated rings. The summed E-state index contributed by atoms with van der Waals surface area (Å²) in [5.41, 5.74) is 0.544. The molecule has 0 bridgehead atoms. The highest BCUT2D eigenvalue weighted by Gasteiger charge is 2.28. The molecule has 0 aromatic rings. The summed E-state index contributed by atoms with van der Waals surface area (Å²) in [7, 11) is 2.29. The lowest BCUT2D eigenvalue weighted by Crippen LogP contribution is -2.44. The quantitative estimate of drug-likeness (QED) is 0.753. The van der Waals surface area contributed by atoms with Crippen LogP contribution in [0.4, 0.5) is 0 Å². The van der Waals surface area contributed by atoms with Crippen LogP contribution in [0.3, 0.4) is 0 Å². The molecule has 1 saturated heterocycles. The molecule has 1 heterocycles. The van der Waals surface area contributed by atoms with Crippen molar-refractivity contribution in [1.29, 1.82) is 0 Å². The van der Waals surface area contributed by atoms with Gasteiger partial charge in [-0.3, -0.25) is 0 Å². The fraction of sp³-hybridized carbons (Fsp3) is 1.00. The molecule has 0 saturated carbocycles. The second kappa shape index (κ2) is 5.86. The minimum atomic E-state index is 0.544. The van der Waals surface area contributed by atoms with Gasteiger partial charge in [0.15, 0.2) is 0 Å². The Morgan fingerprint density at radius 3 is 2.47 bits per heavy atom. The SMILES string of the molecule is CCCC(C)N(C)CC1(C)CCNCC1. The summed E-state index contributed by atoms with van der Waals surface area (Å²) in [6, 6.07) is 0.738. The molecule has 1 aliphatic heterocycles. The Hall–Kier alpha value is -0.0800. The number of nitrogens with one attached hydrogen (secondary N) is 1. The van der Waals surface area contributed by atoms with Crippen molar-refractivity contribution in [3.63, 3.8) is 0 Å². The molecule has 90 valence electrons. The first-order valence-corrected chi connectivity index (χ1v) is 6.48. The van der Waals surface area contributed by atoms with E-state index in [9.17, 15) is 0 Å². The second-order valence-corrected chi connectivity index (χ2v) is 5.61. The molecule has 0 aliphatic carbocycles. The summed E-state index contributed by atoms with van der Waals surface area (Å²) in [4.78, 5) is 2.55. The molecule has 2 nitrogen and oxygen atoms in total. The van der Waals surface area contributed by atoms with Gasteiger partial charge in [0.25, 0.3) is 0 Å². The summed E-state index contributed by atoms with van der Waals surface area (Å²) in [5.74, 6) is 0. The molecule has 2 heteroatoms. The van der Waals surface area contributed by atoms with E-state index < -0.39 is 0 Å². The topological polar surface area (TPSA) is 15.3 Å². The van der Waals surface area contributed by atoms with E-state index in [1.165, 1.54) is 45.3 Å². The van der Waals surface area contributed by atoms with E-state index in [4.69, 9.17) is 0 Å². The fourth-order valence-corrected chi connectivity index (χ4v) is 2.58. The molecular weight excluding hydrogens is 184 g/mol. The average molecular weight is 212 g/mol. The second-order valence-electron chi connectivity index (χ2n) is 5.61. The molecule has 0 aromatic carbocycles. The Balaban J connectivity index is 2.37. The van der Waals surface area contributed by atoms with E-state index in [1.54, 1.807) is 0 Å². The van der Waals surface area contributed by atoms with E-state index in [0.717, 1.165) is 6.04 Å². The van der Waals surface area contributed by atoms with Crippen molar-refractivity contribution in [1.82, 2.24) is 10.2 Å². The third-order valence-electron chi connectivity index (χ3n) is 3.90. The smallest absolute Gasteiger partial charge is 0.00640 e. The Kier molecular flexibility index (Phi) is 5.07. The normalized spacial score (nSPS) is 23.0. The Bertz CT molecular complexity index is 173. The highest BCUT2D eigenvalue weighted by Crippen LogP contribution is 2.29. The van der Waals surface area contributed by atoms with Crippen LogP contribution < -0.4 is 5.32 Å². The number of hydrogen-bond acceptors (Lipinski definition) is 2. The Morgan fingerprint density at radius 1 is 1.33 bits per heavy atom. The zero-order chi connectivity index (χ0) is 11.3. The third-order valence-corrected chi connectivity index (χ3v) is 3.90. The predicted molar refractivity (Wildman–Crippen MR) is 67.2 cm³/mol. The van der Waals surface area contributed by atoms with E-state index in [-0.39, 0.29) is 0 Å². The van der Waals surface area contributed by atoms with Crippen LogP contribution in [0.25, 0.3) is 0 Å². The van der Waals surface area contributed by atoms with Crippen LogP contribution in [0, 0.1) is 5.41 Å². The van der Waals surface area contributed by atoms with Crippen LogP contribution in [0.15, 0.2) is 0 Å². The van der Waals surface area contributed by atoms with Crippen LogP contribution in [0.5, 0.6) is 0 Å². The lowest BCUT2D eigenvalue weighted by molar-refractivity contribution is 0.118. The van der Waals surface area contributed by atoms with E-state index >= 15 is 0 Å². The molecule has 1 atom stereocenters. The van der Waals surface area contributed by atoms with Gasteiger partial charge in [-0.25, -0.2) is 0 Å². The van der Waals surface area contributed by atoms with E-state index in [1.807, 2.05) is 0 Å². The van der Waals surface area contributed by atoms with Crippen LogP contribution in [-0.4, -0.2) is 37.6 Å². The van der Waals surface area contributed by atoms with Crippen molar-refractivity contribution < 1.29 is 0 Å². The van der Waals surface area contributed by atoms with Crippen molar-refractivity contribution in [2.45, 2.75) is 52.5 Å². The van der Waals surface area contributed by atoms with Crippen molar-refractivity contribution in [3.05, 3.63) is 0 Å². The zero-order valence-electron chi connectivity index (χ0n) is 11.0. The lowest BCUT2D eigenvalue weighted by atomic mass is 9.80. The first-order valence-electron chi connectivity index (χ1n) is 6.48. The maximum Gasteiger partial charge on any atom is 0.00640 e. The first-order chi connectivity index (χ1) is 7.07. The van der Waals surface area contributed by atoms with Crippen LogP contribution in [0.1, 0.15) is 46.5 Å². The van der Waals surface area contributed by atoms with Crippen molar-refractivity contribution in [2.24, 2.45) is 5.41 Å². The number of rotatable bonds is 5. The minimum absolute atomic E-state index is 0.544. The Labute approximate surface area is 95.4 Å². The lowest BCUT2D eigenvalue weighted by Gasteiger charge is -2.39. The highest BCUT2D eigenvalue weighted by molar-refractivity contribution is 4.84. The van der Waals surface area contributed by atoms with Gasteiger partial charge >= 0.3 is 0 Å². The van der Waals surface area contributed by atoms with E-state index in [0.29, 0.717) is 5.41 Å². The van der Waals surface area contributed by atoms with Gasteiger partial charge in [0.1, 0.15) is 0 Å². The maximum absolute atomic E-state index is 3.45. The first kappa shape index (κ1) is 13.0. The monoisotopic (exact) mass is 212 g/mol. The largest absolute Gasteiger partial charge is 0.317 e. The average Bonchev–Trinajstić information content (AvgIpc) is 2.18. The van der Waals surface area contributed by atoms with E-state index in [2.05, 4.69) is 38.0 Å². The molecule has 0 aromatic heterocycles. The van der Waals surface area contributed by atoms with Gasteiger partial charge < -0.3 is 10.2 Å². The van der Waals surface area contributed by atoms with Gasteiger partial charge in [0.05, 0.1) is 0 Å². The molecule has 1 aliphatic rings. The number of nitrogens with zero attached hydrogens (tertiary/aromatic N) is 1. The molecule has 1 rings (SSSR count). The van der Waals surface area contributed by atoms with Crippen LogP contribution >= 0.6 is 0 Å². The van der Waals surface area contributed by atoms with Crippen molar-refractivity contribution in [2.75, 3.05) is 26.7 Å². The van der Waals surface area contributed by atoms with Gasteiger partial charge in [0, 0.05) is 12.6 Å². The Morgan fingerprint density at radius 2 is 1.93 bits per heavy atom. The number of piperidine rings is 1. The van der Waals surface area contributed by atoms with Crippen molar-refractivity contribution >= 4 is 0 Å². The molecule has 0 amide bonds. The van der Waals surface area contributed by atoms with Gasteiger partial charge in [-0.2, -0.15) is 0 Å². The summed E-state index contributed by atoms with van der Waals surface area (Å²) in [6.45, 7) is 10.7. The van der Waals surface area contributed by atoms with Gasteiger partial charge in [0.2, 0.25) is 0 Å². The fourth-order valence-electron chi connectivity index (χ4n) is 2.58. The van der Waals surface area contributed by atoms with Crippen LogP contribution in [-0.2, 0) is 0 Å². The predicted octanol–water partition coefficient (Wildman–Crippen LogP) is 2.50. The van der Waals surface area contributed by atoms with Crippen LogP contribution in [0.2, 0.25) is 0 Å². The summed E-state index contributed by atoms with van der Waals surface area (Å²) < 4.78 is 0. The third kappa shape index (κ3) is 4.12. The molecule has 1 N–H and O–H groups in total. The molecule has 1 unspecified atom stereocenters. The van der Waals surface area contributed by atoms with Gasteiger partial charge in [-0.15, -0.1) is 0 Å². The highest BCUT2D eigenvalue weighted by atomic mass is 15.1. The van der Waals surface area contributed by atoms with Crippen molar-refractivity contribution in [3.8, 4) is 0 Å². The molecule has 0 spiro atoms. The van der Waals surface area contributed by atoms with Gasteiger partial charge in [-0.05, 0) is 51.7 Å². The molecule has 15 heavy (non-hydrogen) atoms. The number of hydrogen-bond donors (Lipinski definition) is 1. The molecular formula is C13H28N2. The summed E-state index contributed by atoms with van der Waals surface area (Å²) in [6.07, 6.45) is 5.28. The standard InChI is InChI=1S/C13H28N2/c1-5-6-12(2)15(4)11-13(3)7-9-14-10-8-13/h12,14H,5-11H2,1-4H3. The molecule has 0 radical (unpaired) electrons.